The van der Waals surface area contributed by atoms with Gasteiger partial charge < -0.3 is 10.2 Å². The van der Waals surface area contributed by atoms with Crippen LogP contribution in [0.25, 0.3) is 10.8 Å². The van der Waals surface area contributed by atoms with Crippen molar-refractivity contribution in [1.82, 2.24) is 10.2 Å². The van der Waals surface area contributed by atoms with Crippen LogP contribution < -0.4 is 5.32 Å². The highest BCUT2D eigenvalue weighted by molar-refractivity contribution is 6.07. The van der Waals surface area contributed by atoms with Crippen LogP contribution in [-0.2, 0) is 0 Å². The molecule has 0 spiro atoms. The van der Waals surface area contributed by atoms with Crippen LogP contribution in [0.5, 0.6) is 0 Å². The fourth-order valence-electron chi connectivity index (χ4n) is 3.80. The zero-order chi connectivity index (χ0) is 14.2. The molecule has 1 N–H and O–H groups in total. The van der Waals surface area contributed by atoms with Gasteiger partial charge in [-0.3, -0.25) is 4.79 Å². The SMILES string of the molecule is O=C(c1cccc2ccccc12)N1CCC2CNCC2C1. The molecule has 0 aromatic heterocycles. The quantitative estimate of drug-likeness (QED) is 0.870. The summed E-state index contributed by atoms with van der Waals surface area (Å²) in [6.45, 7) is 3.98. The number of benzene rings is 2. The van der Waals surface area contributed by atoms with Gasteiger partial charge in [0.15, 0.2) is 0 Å². The van der Waals surface area contributed by atoms with Gasteiger partial charge in [-0.05, 0) is 48.2 Å². The van der Waals surface area contributed by atoms with Crippen LogP contribution in [0.2, 0.25) is 0 Å². The number of nitrogens with one attached hydrogen (secondary N) is 1. The van der Waals surface area contributed by atoms with Crippen LogP contribution in [0, 0.1) is 11.8 Å². The van der Waals surface area contributed by atoms with Crippen molar-refractivity contribution in [2.75, 3.05) is 26.2 Å². The van der Waals surface area contributed by atoms with Crippen LogP contribution in [0.15, 0.2) is 42.5 Å². The second-order valence-corrected chi connectivity index (χ2v) is 6.24. The normalized spacial score (nSPS) is 25.0. The molecule has 2 aromatic carbocycles. The molecule has 21 heavy (non-hydrogen) atoms. The molecule has 2 saturated heterocycles. The Morgan fingerprint density at radius 2 is 1.86 bits per heavy atom. The first-order chi connectivity index (χ1) is 10.3. The Kier molecular flexibility index (Phi) is 3.15. The molecule has 1 amide bonds. The first-order valence-corrected chi connectivity index (χ1v) is 7.80. The molecule has 2 atom stereocenters. The van der Waals surface area contributed by atoms with Gasteiger partial charge >= 0.3 is 0 Å². The third-order valence-electron chi connectivity index (χ3n) is 5.01. The Balaban J connectivity index is 1.64. The highest BCUT2D eigenvalue weighted by Crippen LogP contribution is 2.28. The largest absolute Gasteiger partial charge is 0.338 e. The molecule has 2 fully saturated rings. The number of amides is 1. The molecular formula is C18H20N2O. The van der Waals surface area contributed by atoms with Crippen LogP contribution in [0.4, 0.5) is 0 Å². The summed E-state index contributed by atoms with van der Waals surface area (Å²) in [4.78, 5) is 15.0. The van der Waals surface area contributed by atoms with Crippen LogP contribution in [0.3, 0.4) is 0 Å². The van der Waals surface area contributed by atoms with Crippen molar-refractivity contribution in [3.05, 3.63) is 48.0 Å². The van der Waals surface area contributed by atoms with E-state index in [1.807, 2.05) is 30.3 Å². The molecule has 0 saturated carbocycles. The third-order valence-corrected chi connectivity index (χ3v) is 5.01. The van der Waals surface area contributed by atoms with E-state index in [1.165, 1.54) is 0 Å². The van der Waals surface area contributed by atoms with Gasteiger partial charge in [-0.25, -0.2) is 0 Å². The number of likely N-dealkylation sites (tertiary alicyclic amines) is 1. The Morgan fingerprint density at radius 3 is 2.81 bits per heavy atom. The van der Waals surface area contributed by atoms with E-state index in [9.17, 15) is 4.79 Å². The average molecular weight is 280 g/mol. The molecule has 2 aliphatic rings. The number of fused-ring (bicyclic) bond motifs is 2. The smallest absolute Gasteiger partial charge is 0.254 e. The van der Waals surface area contributed by atoms with Crippen molar-refractivity contribution in [3.8, 4) is 0 Å². The van der Waals surface area contributed by atoms with Gasteiger partial charge in [-0.1, -0.05) is 36.4 Å². The summed E-state index contributed by atoms with van der Waals surface area (Å²) in [5, 5.41) is 5.66. The Morgan fingerprint density at radius 1 is 1.05 bits per heavy atom. The number of piperidine rings is 1. The van der Waals surface area contributed by atoms with Gasteiger partial charge in [0, 0.05) is 18.7 Å². The summed E-state index contributed by atoms with van der Waals surface area (Å²) in [6.07, 6.45) is 1.13. The van der Waals surface area contributed by atoms with E-state index in [0.717, 1.165) is 54.9 Å². The van der Waals surface area contributed by atoms with E-state index in [0.29, 0.717) is 5.92 Å². The number of carbonyl (C=O) groups excluding carboxylic acids is 1. The number of carbonyl (C=O) groups is 1. The minimum absolute atomic E-state index is 0.192. The van der Waals surface area contributed by atoms with Crippen LogP contribution in [-0.4, -0.2) is 37.0 Å². The zero-order valence-electron chi connectivity index (χ0n) is 12.1. The van der Waals surface area contributed by atoms with Crippen molar-refractivity contribution < 1.29 is 4.79 Å². The van der Waals surface area contributed by atoms with E-state index in [2.05, 4.69) is 22.3 Å². The molecule has 0 radical (unpaired) electrons. The van der Waals surface area contributed by atoms with Gasteiger partial charge in [-0.2, -0.15) is 0 Å². The maximum atomic E-state index is 12.9. The Hall–Kier alpha value is -1.87. The Labute approximate surface area is 124 Å². The lowest BCUT2D eigenvalue weighted by molar-refractivity contribution is 0.0644. The minimum Gasteiger partial charge on any atom is -0.338 e. The fourth-order valence-corrected chi connectivity index (χ4v) is 3.80. The highest BCUT2D eigenvalue weighted by Gasteiger charge is 2.34. The van der Waals surface area contributed by atoms with Crippen LogP contribution >= 0.6 is 0 Å². The predicted molar refractivity (Wildman–Crippen MR) is 84.3 cm³/mol. The standard InChI is InChI=1S/C18H20N2O/c21-18(20-9-8-14-10-19-11-15(14)12-20)17-7-3-5-13-4-1-2-6-16(13)17/h1-7,14-15,19H,8-12H2. The van der Waals surface area contributed by atoms with E-state index in [1.54, 1.807) is 0 Å². The van der Waals surface area contributed by atoms with Gasteiger partial charge in [0.1, 0.15) is 0 Å². The highest BCUT2D eigenvalue weighted by atomic mass is 16.2. The van der Waals surface area contributed by atoms with Crippen molar-refractivity contribution in [1.29, 1.82) is 0 Å². The fraction of sp³-hybridized carbons (Fsp3) is 0.389. The molecule has 0 aliphatic carbocycles. The maximum absolute atomic E-state index is 12.9. The number of hydrogen-bond acceptors (Lipinski definition) is 2. The molecule has 3 nitrogen and oxygen atoms in total. The zero-order valence-corrected chi connectivity index (χ0v) is 12.1. The molecule has 3 heteroatoms. The molecule has 4 rings (SSSR count). The molecular weight excluding hydrogens is 260 g/mol. The van der Waals surface area contributed by atoms with Crippen molar-refractivity contribution in [3.63, 3.8) is 0 Å². The third kappa shape index (κ3) is 2.22. The van der Waals surface area contributed by atoms with Crippen molar-refractivity contribution in [2.24, 2.45) is 11.8 Å². The van der Waals surface area contributed by atoms with Crippen LogP contribution in [0.1, 0.15) is 16.8 Å². The lowest BCUT2D eigenvalue weighted by Gasteiger charge is -2.34. The number of nitrogens with zero attached hydrogens (tertiary/aromatic N) is 1. The molecule has 2 aromatic rings. The summed E-state index contributed by atoms with van der Waals surface area (Å²) in [7, 11) is 0. The first-order valence-electron chi connectivity index (χ1n) is 7.80. The first kappa shape index (κ1) is 12.8. The van der Waals surface area contributed by atoms with Crippen molar-refractivity contribution in [2.45, 2.75) is 6.42 Å². The summed E-state index contributed by atoms with van der Waals surface area (Å²) < 4.78 is 0. The maximum Gasteiger partial charge on any atom is 0.254 e. The lowest BCUT2D eigenvalue weighted by Crippen LogP contribution is -2.43. The number of rotatable bonds is 1. The molecule has 2 aliphatic heterocycles. The molecule has 2 heterocycles. The summed E-state index contributed by atoms with van der Waals surface area (Å²) in [6, 6.07) is 14.2. The van der Waals surface area contributed by atoms with Gasteiger partial charge in [0.25, 0.3) is 5.91 Å². The molecule has 0 bridgehead atoms. The van der Waals surface area contributed by atoms with E-state index < -0.39 is 0 Å². The topological polar surface area (TPSA) is 32.3 Å². The molecule has 108 valence electrons. The monoisotopic (exact) mass is 280 g/mol. The van der Waals surface area contributed by atoms with Gasteiger partial charge in [-0.15, -0.1) is 0 Å². The number of hydrogen-bond donors (Lipinski definition) is 1. The van der Waals surface area contributed by atoms with E-state index in [4.69, 9.17) is 0 Å². The predicted octanol–water partition coefficient (Wildman–Crippen LogP) is 2.52. The van der Waals surface area contributed by atoms with E-state index in [-0.39, 0.29) is 5.91 Å². The average Bonchev–Trinajstić information content (AvgIpc) is 3.01. The van der Waals surface area contributed by atoms with Gasteiger partial charge in [0.2, 0.25) is 0 Å². The summed E-state index contributed by atoms with van der Waals surface area (Å²) >= 11 is 0. The summed E-state index contributed by atoms with van der Waals surface area (Å²) in [5.74, 6) is 1.59. The minimum atomic E-state index is 0.192. The van der Waals surface area contributed by atoms with E-state index >= 15 is 0 Å². The van der Waals surface area contributed by atoms with Gasteiger partial charge in [0.05, 0.1) is 0 Å². The Bertz CT molecular complexity index is 676. The van der Waals surface area contributed by atoms with Crippen molar-refractivity contribution >= 4 is 16.7 Å². The molecule has 2 unspecified atom stereocenters. The lowest BCUT2D eigenvalue weighted by atomic mass is 9.88. The second kappa shape index (κ2) is 5.15. The summed E-state index contributed by atoms with van der Waals surface area (Å²) in [5.41, 5.74) is 0.845. The second-order valence-electron chi connectivity index (χ2n) is 6.24.